The lowest BCUT2D eigenvalue weighted by Gasteiger charge is -2.21. The van der Waals surface area contributed by atoms with E-state index in [1.165, 1.54) is 5.33 Å². The molecule has 0 spiro atoms. The summed E-state index contributed by atoms with van der Waals surface area (Å²) >= 11 is 3.62. The zero-order chi connectivity index (χ0) is 8.13. The van der Waals surface area contributed by atoms with Gasteiger partial charge in [-0.1, -0.05) is 22.4 Å². The van der Waals surface area contributed by atoms with Gasteiger partial charge in [0.25, 0.3) is 0 Å². The molecule has 3 fully saturated rings. The second kappa shape index (κ2) is 2.73. The van der Waals surface area contributed by atoms with Gasteiger partial charge in [-0.25, -0.2) is 0 Å². The highest BCUT2D eigenvalue weighted by atomic mass is 79.9. The molecule has 3 saturated carbocycles. The van der Waals surface area contributed by atoms with Crippen LogP contribution in [0.4, 0.5) is 0 Å². The lowest BCUT2D eigenvalue weighted by atomic mass is 9.84. The van der Waals surface area contributed by atoms with Gasteiger partial charge in [0, 0.05) is 5.33 Å². The molecule has 0 aliphatic heterocycles. The average Bonchev–Trinajstić information content (AvgIpc) is 2.59. The maximum atomic E-state index is 3.62. The number of alkyl halides is 1. The number of rotatable bonds is 2. The average molecular weight is 229 g/mol. The predicted molar refractivity (Wildman–Crippen MR) is 54.3 cm³/mol. The summed E-state index contributed by atoms with van der Waals surface area (Å²) in [6, 6.07) is 0. The summed E-state index contributed by atoms with van der Waals surface area (Å²) in [4.78, 5) is 0. The molecule has 0 aromatic rings. The molecule has 3 rings (SSSR count). The highest BCUT2D eigenvalue weighted by Gasteiger charge is 2.50. The summed E-state index contributed by atoms with van der Waals surface area (Å²) in [7, 11) is 0. The minimum atomic E-state index is 1.06. The van der Waals surface area contributed by atoms with Crippen molar-refractivity contribution in [2.24, 2.45) is 29.6 Å². The van der Waals surface area contributed by atoms with Gasteiger partial charge in [0.2, 0.25) is 0 Å². The monoisotopic (exact) mass is 228 g/mol. The van der Waals surface area contributed by atoms with Gasteiger partial charge in [-0.15, -0.1) is 0 Å². The third-order valence-electron chi connectivity index (χ3n) is 4.52. The van der Waals surface area contributed by atoms with Crippen molar-refractivity contribution in [2.45, 2.75) is 32.1 Å². The molecule has 0 heterocycles. The lowest BCUT2D eigenvalue weighted by molar-refractivity contribution is 0.289. The molecule has 0 amide bonds. The highest BCUT2D eigenvalue weighted by Crippen LogP contribution is 2.59. The summed E-state index contributed by atoms with van der Waals surface area (Å²) in [6.07, 6.45) is 7.86. The topological polar surface area (TPSA) is 0 Å². The quantitative estimate of drug-likeness (QED) is 0.636. The SMILES string of the molecule is BrCC1CC1C1CC2CCC1C2. The molecule has 2 bridgehead atoms. The lowest BCUT2D eigenvalue weighted by Crippen LogP contribution is -2.13. The summed E-state index contributed by atoms with van der Waals surface area (Å²) in [6.45, 7) is 0. The van der Waals surface area contributed by atoms with Crippen LogP contribution in [-0.4, -0.2) is 5.33 Å². The fourth-order valence-electron chi connectivity index (χ4n) is 3.79. The number of hydrogen-bond acceptors (Lipinski definition) is 0. The molecule has 12 heavy (non-hydrogen) atoms. The summed E-state index contributed by atoms with van der Waals surface area (Å²) < 4.78 is 0. The van der Waals surface area contributed by atoms with E-state index in [1.807, 2.05) is 0 Å². The van der Waals surface area contributed by atoms with Gasteiger partial charge in [-0.05, 0) is 55.3 Å². The zero-order valence-corrected chi connectivity index (χ0v) is 9.09. The van der Waals surface area contributed by atoms with Gasteiger partial charge in [0.05, 0.1) is 0 Å². The Morgan fingerprint density at radius 3 is 2.42 bits per heavy atom. The van der Waals surface area contributed by atoms with Crippen LogP contribution in [0.1, 0.15) is 32.1 Å². The number of fused-ring (bicyclic) bond motifs is 2. The molecular formula is C11H17Br. The van der Waals surface area contributed by atoms with E-state index in [9.17, 15) is 0 Å². The Morgan fingerprint density at radius 1 is 1.00 bits per heavy atom. The van der Waals surface area contributed by atoms with E-state index in [1.54, 1.807) is 32.1 Å². The first-order valence-corrected chi connectivity index (χ1v) is 6.56. The van der Waals surface area contributed by atoms with E-state index in [-0.39, 0.29) is 0 Å². The standard InChI is InChI=1S/C11H17Br/c12-6-9-5-11(9)10-4-7-1-2-8(10)3-7/h7-11H,1-6H2. The van der Waals surface area contributed by atoms with Crippen LogP contribution in [0.2, 0.25) is 0 Å². The Balaban J connectivity index is 1.65. The Kier molecular flexibility index (Phi) is 1.79. The van der Waals surface area contributed by atoms with E-state index < -0.39 is 0 Å². The van der Waals surface area contributed by atoms with E-state index in [0.717, 1.165) is 29.6 Å². The molecule has 0 aromatic carbocycles. The van der Waals surface area contributed by atoms with Crippen LogP contribution < -0.4 is 0 Å². The first kappa shape index (κ1) is 7.84. The second-order valence-corrected chi connectivity index (χ2v) is 5.80. The molecule has 5 unspecified atom stereocenters. The van der Waals surface area contributed by atoms with Crippen molar-refractivity contribution in [3.63, 3.8) is 0 Å². The van der Waals surface area contributed by atoms with Gasteiger partial charge < -0.3 is 0 Å². The van der Waals surface area contributed by atoms with Gasteiger partial charge in [0.1, 0.15) is 0 Å². The molecule has 3 aliphatic rings. The van der Waals surface area contributed by atoms with Crippen molar-refractivity contribution >= 4 is 15.9 Å². The summed E-state index contributed by atoms with van der Waals surface area (Å²) in [5, 5.41) is 1.27. The van der Waals surface area contributed by atoms with Crippen LogP contribution in [-0.2, 0) is 0 Å². The minimum Gasteiger partial charge on any atom is -0.0925 e. The van der Waals surface area contributed by atoms with E-state index in [0.29, 0.717) is 0 Å². The smallest absolute Gasteiger partial charge is 0.00625 e. The van der Waals surface area contributed by atoms with Crippen molar-refractivity contribution in [1.82, 2.24) is 0 Å². The van der Waals surface area contributed by atoms with Crippen molar-refractivity contribution in [1.29, 1.82) is 0 Å². The number of hydrogen-bond donors (Lipinski definition) is 0. The molecule has 5 atom stereocenters. The number of halogens is 1. The van der Waals surface area contributed by atoms with Gasteiger partial charge in [-0.3, -0.25) is 0 Å². The Hall–Kier alpha value is 0.480. The van der Waals surface area contributed by atoms with Crippen LogP contribution in [0.25, 0.3) is 0 Å². The zero-order valence-electron chi connectivity index (χ0n) is 7.51. The maximum Gasteiger partial charge on any atom is 0.00625 e. The van der Waals surface area contributed by atoms with Crippen LogP contribution in [0.5, 0.6) is 0 Å². The third kappa shape index (κ3) is 1.08. The van der Waals surface area contributed by atoms with E-state index in [4.69, 9.17) is 0 Å². The molecular weight excluding hydrogens is 212 g/mol. The van der Waals surface area contributed by atoms with Gasteiger partial charge in [-0.2, -0.15) is 0 Å². The van der Waals surface area contributed by atoms with Crippen LogP contribution in [0.3, 0.4) is 0 Å². The van der Waals surface area contributed by atoms with Crippen molar-refractivity contribution in [3.8, 4) is 0 Å². The van der Waals surface area contributed by atoms with Gasteiger partial charge >= 0.3 is 0 Å². The van der Waals surface area contributed by atoms with Crippen molar-refractivity contribution in [2.75, 3.05) is 5.33 Å². The van der Waals surface area contributed by atoms with E-state index >= 15 is 0 Å². The largest absolute Gasteiger partial charge is 0.0925 e. The molecule has 68 valence electrons. The van der Waals surface area contributed by atoms with Gasteiger partial charge in [0.15, 0.2) is 0 Å². The van der Waals surface area contributed by atoms with Crippen LogP contribution in [0.15, 0.2) is 0 Å². The molecule has 3 aliphatic carbocycles. The Labute approximate surface area is 83.2 Å². The molecule has 1 heteroatoms. The molecule has 0 saturated heterocycles. The molecule has 0 nitrogen and oxygen atoms in total. The summed E-state index contributed by atoms with van der Waals surface area (Å²) in [5.41, 5.74) is 0. The highest BCUT2D eigenvalue weighted by molar-refractivity contribution is 9.09. The molecule has 0 radical (unpaired) electrons. The van der Waals surface area contributed by atoms with Crippen molar-refractivity contribution in [3.05, 3.63) is 0 Å². The Morgan fingerprint density at radius 2 is 1.92 bits per heavy atom. The minimum absolute atomic E-state index is 1.06. The predicted octanol–water partition coefficient (Wildman–Crippen LogP) is 3.45. The normalized spacial score (nSPS) is 56.2. The van der Waals surface area contributed by atoms with E-state index in [2.05, 4.69) is 15.9 Å². The fraction of sp³-hybridized carbons (Fsp3) is 1.00. The third-order valence-corrected chi connectivity index (χ3v) is 5.35. The molecule has 0 N–H and O–H groups in total. The Bertz CT molecular complexity index is 189. The fourth-order valence-corrected chi connectivity index (χ4v) is 4.54. The first-order valence-electron chi connectivity index (χ1n) is 5.44. The first-order chi connectivity index (χ1) is 5.88. The maximum absolute atomic E-state index is 3.62. The van der Waals surface area contributed by atoms with Crippen LogP contribution >= 0.6 is 15.9 Å². The molecule has 0 aromatic heterocycles. The second-order valence-electron chi connectivity index (χ2n) is 5.15. The van der Waals surface area contributed by atoms with Crippen molar-refractivity contribution < 1.29 is 0 Å². The summed E-state index contributed by atoms with van der Waals surface area (Å²) in [5.74, 6) is 5.67. The van der Waals surface area contributed by atoms with Crippen LogP contribution in [0, 0.1) is 29.6 Å².